The number of nitrogens with two attached hydrogens (primary N) is 1. The van der Waals surface area contributed by atoms with E-state index in [1.165, 1.54) is 0 Å². The molecule has 1 amide bonds. The third-order valence-corrected chi connectivity index (χ3v) is 2.19. The van der Waals surface area contributed by atoms with Crippen LogP contribution < -0.4 is 11.1 Å². The van der Waals surface area contributed by atoms with Crippen molar-refractivity contribution in [2.45, 2.75) is 19.5 Å². The lowest BCUT2D eigenvalue weighted by Crippen LogP contribution is -2.37. The van der Waals surface area contributed by atoms with Crippen molar-refractivity contribution in [3.05, 3.63) is 22.4 Å². The molecule has 0 fully saturated rings. The van der Waals surface area contributed by atoms with Crippen molar-refractivity contribution in [1.82, 2.24) is 5.32 Å². The summed E-state index contributed by atoms with van der Waals surface area (Å²) in [5, 5.41) is 6.71. The van der Waals surface area contributed by atoms with Crippen molar-refractivity contribution in [3.8, 4) is 0 Å². The first-order valence-corrected chi connectivity index (χ1v) is 4.69. The van der Waals surface area contributed by atoms with Crippen LogP contribution >= 0.6 is 11.3 Å². The van der Waals surface area contributed by atoms with Crippen LogP contribution in [0.1, 0.15) is 12.5 Å². The summed E-state index contributed by atoms with van der Waals surface area (Å²) in [7, 11) is 0. The fourth-order valence-corrected chi connectivity index (χ4v) is 1.41. The third kappa shape index (κ3) is 2.64. The summed E-state index contributed by atoms with van der Waals surface area (Å²) >= 11 is 1.62. The molecule has 66 valence electrons. The average Bonchev–Trinajstić information content (AvgIpc) is 2.51. The Morgan fingerprint density at radius 1 is 1.83 bits per heavy atom. The van der Waals surface area contributed by atoms with Gasteiger partial charge in [-0.05, 0) is 29.3 Å². The standard InChI is InChI=1S/C8H12N2OS/c1-6(9)8(11)10-4-7-2-3-12-5-7/h2-3,5-6H,4,9H2,1H3,(H,10,11)/t6-/m1/s1. The second-order valence-electron chi connectivity index (χ2n) is 2.64. The monoisotopic (exact) mass is 184 g/mol. The van der Waals surface area contributed by atoms with E-state index in [-0.39, 0.29) is 5.91 Å². The number of hydrogen-bond donors (Lipinski definition) is 2. The minimum atomic E-state index is -0.427. The van der Waals surface area contributed by atoms with Gasteiger partial charge in [0.25, 0.3) is 0 Å². The predicted octanol–water partition coefficient (Wildman–Crippen LogP) is 0.711. The molecule has 4 heteroatoms. The van der Waals surface area contributed by atoms with E-state index in [0.717, 1.165) is 5.56 Å². The first-order chi connectivity index (χ1) is 5.70. The molecular formula is C8H12N2OS. The lowest BCUT2D eigenvalue weighted by Gasteiger charge is -2.05. The number of rotatable bonds is 3. The van der Waals surface area contributed by atoms with E-state index in [1.807, 2.05) is 16.8 Å². The Balaban J connectivity index is 2.32. The third-order valence-electron chi connectivity index (χ3n) is 1.46. The largest absolute Gasteiger partial charge is 0.351 e. The van der Waals surface area contributed by atoms with Gasteiger partial charge in [-0.1, -0.05) is 0 Å². The molecule has 3 nitrogen and oxygen atoms in total. The topological polar surface area (TPSA) is 55.1 Å². The molecule has 0 saturated carbocycles. The molecule has 1 rings (SSSR count). The van der Waals surface area contributed by atoms with Crippen molar-refractivity contribution < 1.29 is 4.79 Å². The summed E-state index contributed by atoms with van der Waals surface area (Å²) in [4.78, 5) is 11.0. The maximum atomic E-state index is 11.0. The Morgan fingerprint density at radius 2 is 2.58 bits per heavy atom. The van der Waals surface area contributed by atoms with Gasteiger partial charge in [0.05, 0.1) is 6.04 Å². The molecule has 12 heavy (non-hydrogen) atoms. The highest BCUT2D eigenvalue weighted by molar-refractivity contribution is 7.07. The average molecular weight is 184 g/mol. The number of amides is 1. The van der Waals surface area contributed by atoms with Crippen LogP contribution in [-0.2, 0) is 11.3 Å². The molecule has 3 N–H and O–H groups in total. The molecule has 1 heterocycles. The molecule has 1 aromatic rings. The van der Waals surface area contributed by atoms with Crippen LogP contribution in [0.5, 0.6) is 0 Å². The quantitative estimate of drug-likeness (QED) is 0.727. The van der Waals surface area contributed by atoms with Gasteiger partial charge in [0.1, 0.15) is 0 Å². The lowest BCUT2D eigenvalue weighted by molar-refractivity contribution is -0.122. The first kappa shape index (κ1) is 9.22. The van der Waals surface area contributed by atoms with E-state index in [2.05, 4.69) is 5.32 Å². The van der Waals surface area contributed by atoms with Crippen LogP contribution in [0.3, 0.4) is 0 Å². The van der Waals surface area contributed by atoms with E-state index in [9.17, 15) is 4.79 Å². The lowest BCUT2D eigenvalue weighted by atomic mass is 10.3. The number of nitrogens with one attached hydrogen (secondary N) is 1. The minimum Gasteiger partial charge on any atom is -0.351 e. The molecule has 0 spiro atoms. The Hall–Kier alpha value is -0.870. The molecule has 0 aliphatic heterocycles. The molecule has 0 aliphatic rings. The van der Waals surface area contributed by atoms with Crippen LogP contribution in [0.4, 0.5) is 0 Å². The van der Waals surface area contributed by atoms with Crippen molar-refractivity contribution in [2.75, 3.05) is 0 Å². The summed E-state index contributed by atoms with van der Waals surface area (Å²) in [6, 6.07) is 1.55. The Labute approximate surface area is 75.6 Å². The molecule has 0 unspecified atom stereocenters. The Morgan fingerprint density at radius 3 is 3.08 bits per heavy atom. The fourth-order valence-electron chi connectivity index (χ4n) is 0.743. The van der Waals surface area contributed by atoms with Gasteiger partial charge in [-0.3, -0.25) is 4.79 Å². The molecule has 1 atom stereocenters. The molecule has 0 aliphatic carbocycles. The Bertz CT molecular complexity index is 244. The highest BCUT2D eigenvalue weighted by Gasteiger charge is 2.05. The maximum absolute atomic E-state index is 11.0. The normalized spacial score (nSPS) is 12.5. The molecule has 1 aromatic heterocycles. The van der Waals surface area contributed by atoms with Crippen LogP contribution in [0.25, 0.3) is 0 Å². The molecule has 0 bridgehead atoms. The van der Waals surface area contributed by atoms with Gasteiger partial charge in [0.2, 0.25) is 5.91 Å². The van der Waals surface area contributed by atoms with Gasteiger partial charge in [-0.15, -0.1) is 0 Å². The number of carbonyl (C=O) groups is 1. The van der Waals surface area contributed by atoms with Crippen molar-refractivity contribution in [3.63, 3.8) is 0 Å². The van der Waals surface area contributed by atoms with E-state index in [0.29, 0.717) is 6.54 Å². The van der Waals surface area contributed by atoms with Gasteiger partial charge in [0, 0.05) is 6.54 Å². The van der Waals surface area contributed by atoms with Crippen LogP contribution in [0.2, 0.25) is 0 Å². The zero-order chi connectivity index (χ0) is 8.97. The number of hydrogen-bond acceptors (Lipinski definition) is 3. The smallest absolute Gasteiger partial charge is 0.236 e. The summed E-state index contributed by atoms with van der Waals surface area (Å²) in [5.41, 5.74) is 6.49. The van der Waals surface area contributed by atoms with Crippen molar-refractivity contribution in [1.29, 1.82) is 0 Å². The highest BCUT2D eigenvalue weighted by Crippen LogP contribution is 2.04. The Kier molecular flexibility index (Phi) is 3.25. The van der Waals surface area contributed by atoms with Crippen LogP contribution in [-0.4, -0.2) is 11.9 Å². The van der Waals surface area contributed by atoms with E-state index in [4.69, 9.17) is 5.73 Å². The summed E-state index contributed by atoms with van der Waals surface area (Å²) in [6.07, 6.45) is 0. The number of thiophene rings is 1. The van der Waals surface area contributed by atoms with E-state index >= 15 is 0 Å². The molecule has 0 radical (unpaired) electrons. The second kappa shape index (κ2) is 4.23. The SMILES string of the molecule is C[C@@H](N)C(=O)NCc1ccsc1. The second-order valence-corrected chi connectivity index (χ2v) is 3.42. The molecule has 0 aromatic carbocycles. The molecule has 0 saturated heterocycles. The molecular weight excluding hydrogens is 172 g/mol. The van der Waals surface area contributed by atoms with Gasteiger partial charge in [-0.25, -0.2) is 0 Å². The van der Waals surface area contributed by atoms with Gasteiger partial charge in [0.15, 0.2) is 0 Å². The zero-order valence-corrected chi connectivity index (χ0v) is 7.73. The zero-order valence-electron chi connectivity index (χ0n) is 6.91. The predicted molar refractivity (Wildman–Crippen MR) is 49.8 cm³/mol. The summed E-state index contributed by atoms with van der Waals surface area (Å²) < 4.78 is 0. The number of carbonyl (C=O) groups excluding carboxylic acids is 1. The van der Waals surface area contributed by atoms with E-state index in [1.54, 1.807) is 18.3 Å². The summed E-state index contributed by atoms with van der Waals surface area (Å²) in [6.45, 7) is 2.24. The fraction of sp³-hybridized carbons (Fsp3) is 0.375. The summed E-state index contributed by atoms with van der Waals surface area (Å²) in [5.74, 6) is -0.110. The van der Waals surface area contributed by atoms with Gasteiger partial charge < -0.3 is 11.1 Å². The maximum Gasteiger partial charge on any atom is 0.236 e. The van der Waals surface area contributed by atoms with Crippen LogP contribution in [0.15, 0.2) is 16.8 Å². The van der Waals surface area contributed by atoms with E-state index < -0.39 is 6.04 Å². The minimum absolute atomic E-state index is 0.110. The highest BCUT2D eigenvalue weighted by atomic mass is 32.1. The van der Waals surface area contributed by atoms with Gasteiger partial charge >= 0.3 is 0 Å². The van der Waals surface area contributed by atoms with Crippen LogP contribution in [0, 0.1) is 0 Å². The van der Waals surface area contributed by atoms with Crippen molar-refractivity contribution in [2.24, 2.45) is 5.73 Å². The van der Waals surface area contributed by atoms with Gasteiger partial charge in [-0.2, -0.15) is 11.3 Å². The first-order valence-electron chi connectivity index (χ1n) is 3.74. The van der Waals surface area contributed by atoms with Crippen molar-refractivity contribution >= 4 is 17.2 Å².